The third-order valence-electron chi connectivity index (χ3n) is 3.29. The highest BCUT2D eigenvalue weighted by atomic mass is 35.5. The first-order valence-electron chi connectivity index (χ1n) is 6.47. The maximum atomic E-state index is 13.9. The number of hydrogen-bond acceptors (Lipinski definition) is 1. The highest BCUT2D eigenvalue weighted by molar-refractivity contribution is 6.30. The average molecular weight is 296 g/mol. The Bertz CT molecular complexity index is 586. The molecule has 0 aliphatic heterocycles. The summed E-state index contributed by atoms with van der Waals surface area (Å²) in [5, 5.41) is 0.115. The van der Waals surface area contributed by atoms with Gasteiger partial charge in [-0.05, 0) is 54.6 Å². The summed E-state index contributed by atoms with van der Waals surface area (Å²) in [5.74, 6) is -0.621. The molecule has 1 unspecified atom stereocenters. The molecular weight excluding hydrogens is 280 g/mol. The van der Waals surface area contributed by atoms with Gasteiger partial charge in [-0.15, -0.1) is 0 Å². The zero-order valence-corrected chi connectivity index (χ0v) is 11.7. The molecule has 4 heteroatoms. The van der Waals surface area contributed by atoms with Crippen molar-refractivity contribution >= 4 is 11.6 Å². The number of hydrogen-bond donors (Lipinski definition) is 1. The first kappa shape index (κ1) is 14.9. The lowest BCUT2D eigenvalue weighted by molar-refractivity contribution is 0.510. The molecule has 1 nitrogen and oxygen atoms in total. The van der Waals surface area contributed by atoms with Crippen molar-refractivity contribution in [2.45, 2.75) is 12.8 Å². The van der Waals surface area contributed by atoms with E-state index >= 15 is 0 Å². The molecule has 0 aliphatic carbocycles. The van der Waals surface area contributed by atoms with Crippen LogP contribution >= 0.6 is 11.6 Å². The lowest BCUT2D eigenvalue weighted by Crippen LogP contribution is -2.20. The van der Waals surface area contributed by atoms with Crippen molar-refractivity contribution in [2.75, 3.05) is 6.54 Å². The normalized spacial score (nSPS) is 12.4. The lowest BCUT2D eigenvalue weighted by atomic mass is 9.92. The van der Waals surface area contributed by atoms with Crippen LogP contribution in [0.1, 0.15) is 11.1 Å². The van der Waals surface area contributed by atoms with Crippen LogP contribution in [0.4, 0.5) is 8.78 Å². The number of rotatable bonds is 5. The van der Waals surface area contributed by atoms with Gasteiger partial charge in [0.1, 0.15) is 11.6 Å². The molecule has 2 aromatic rings. The van der Waals surface area contributed by atoms with Crippen LogP contribution in [0.15, 0.2) is 42.5 Å². The second-order valence-electron chi connectivity index (χ2n) is 4.85. The minimum absolute atomic E-state index is 0.0461. The fraction of sp³-hybridized carbons (Fsp3) is 0.250. The molecular formula is C16H16ClF2N. The molecule has 0 aliphatic rings. The van der Waals surface area contributed by atoms with Crippen LogP contribution in [0.3, 0.4) is 0 Å². The summed E-state index contributed by atoms with van der Waals surface area (Å²) in [6, 6.07) is 11.3. The largest absolute Gasteiger partial charge is 0.330 e. The van der Waals surface area contributed by atoms with Crippen LogP contribution in [0.2, 0.25) is 5.02 Å². The zero-order chi connectivity index (χ0) is 14.5. The zero-order valence-electron chi connectivity index (χ0n) is 11.0. The maximum absolute atomic E-state index is 13.9. The average Bonchev–Trinajstić information content (AvgIpc) is 2.43. The quantitative estimate of drug-likeness (QED) is 0.887. The summed E-state index contributed by atoms with van der Waals surface area (Å²) >= 11 is 5.77. The van der Waals surface area contributed by atoms with Crippen LogP contribution in [-0.2, 0) is 12.8 Å². The molecule has 2 aromatic carbocycles. The van der Waals surface area contributed by atoms with Gasteiger partial charge in [0.25, 0.3) is 0 Å². The molecule has 0 heterocycles. The van der Waals surface area contributed by atoms with Gasteiger partial charge >= 0.3 is 0 Å². The second-order valence-corrected chi connectivity index (χ2v) is 5.26. The van der Waals surface area contributed by atoms with E-state index in [0.29, 0.717) is 24.9 Å². The third kappa shape index (κ3) is 3.78. The lowest BCUT2D eigenvalue weighted by Gasteiger charge is -2.15. The predicted molar refractivity (Wildman–Crippen MR) is 77.8 cm³/mol. The van der Waals surface area contributed by atoms with E-state index < -0.39 is 5.82 Å². The van der Waals surface area contributed by atoms with Crippen LogP contribution < -0.4 is 5.73 Å². The molecule has 2 N–H and O–H groups in total. The molecule has 0 spiro atoms. The van der Waals surface area contributed by atoms with Gasteiger partial charge < -0.3 is 5.73 Å². The molecule has 2 rings (SSSR count). The van der Waals surface area contributed by atoms with Crippen molar-refractivity contribution in [3.63, 3.8) is 0 Å². The highest BCUT2D eigenvalue weighted by Crippen LogP contribution is 2.22. The van der Waals surface area contributed by atoms with Gasteiger partial charge in [0, 0.05) is 0 Å². The van der Waals surface area contributed by atoms with Gasteiger partial charge in [-0.2, -0.15) is 0 Å². The fourth-order valence-corrected chi connectivity index (χ4v) is 2.45. The van der Waals surface area contributed by atoms with E-state index in [4.69, 9.17) is 17.3 Å². The van der Waals surface area contributed by atoms with Crippen LogP contribution in [0.25, 0.3) is 0 Å². The SMILES string of the molecule is NCC(Cc1cccc(F)c1)Cc1cccc(Cl)c1F. The Labute approximate surface area is 122 Å². The topological polar surface area (TPSA) is 26.0 Å². The number of benzene rings is 2. The molecule has 0 bridgehead atoms. The van der Waals surface area contributed by atoms with E-state index in [1.165, 1.54) is 18.2 Å². The van der Waals surface area contributed by atoms with E-state index in [1.807, 2.05) is 6.07 Å². The first-order chi connectivity index (χ1) is 9.60. The van der Waals surface area contributed by atoms with Crippen LogP contribution in [0.5, 0.6) is 0 Å². The van der Waals surface area contributed by atoms with E-state index in [-0.39, 0.29) is 16.8 Å². The van der Waals surface area contributed by atoms with E-state index in [2.05, 4.69) is 0 Å². The minimum atomic E-state index is -0.396. The molecule has 0 saturated heterocycles. The van der Waals surface area contributed by atoms with Gasteiger partial charge in [0.05, 0.1) is 5.02 Å². The molecule has 20 heavy (non-hydrogen) atoms. The monoisotopic (exact) mass is 295 g/mol. The molecule has 0 amide bonds. The minimum Gasteiger partial charge on any atom is -0.330 e. The summed E-state index contributed by atoms with van der Waals surface area (Å²) < 4.78 is 27.0. The summed E-state index contributed by atoms with van der Waals surface area (Å²) in [4.78, 5) is 0. The summed E-state index contributed by atoms with van der Waals surface area (Å²) in [5.41, 5.74) is 7.15. The number of halogens is 3. The molecule has 1 atom stereocenters. The molecule has 0 radical (unpaired) electrons. The van der Waals surface area contributed by atoms with Crippen LogP contribution in [-0.4, -0.2) is 6.54 Å². The third-order valence-corrected chi connectivity index (χ3v) is 3.58. The van der Waals surface area contributed by atoms with Crippen molar-refractivity contribution in [1.82, 2.24) is 0 Å². The Morgan fingerprint density at radius 3 is 2.50 bits per heavy atom. The molecule has 0 aromatic heterocycles. The Balaban J connectivity index is 2.11. The van der Waals surface area contributed by atoms with Crippen LogP contribution in [0, 0.1) is 17.6 Å². The van der Waals surface area contributed by atoms with Gasteiger partial charge in [0.2, 0.25) is 0 Å². The summed E-state index contributed by atoms with van der Waals surface area (Å²) in [7, 11) is 0. The summed E-state index contributed by atoms with van der Waals surface area (Å²) in [6.07, 6.45) is 1.10. The van der Waals surface area contributed by atoms with E-state index in [0.717, 1.165) is 5.56 Å². The van der Waals surface area contributed by atoms with E-state index in [9.17, 15) is 8.78 Å². The van der Waals surface area contributed by atoms with Gasteiger partial charge in [-0.25, -0.2) is 8.78 Å². The second kappa shape index (κ2) is 6.82. The van der Waals surface area contributed by atoms with Crippen molar-refractivity contribution in [3.8, 4) is 0 Å². The van der Waals surface area contributed by atoms with Gasteiger partial charge in [-0.1, -0.05) is 35.9 Å². The first-order valence-corrected chi connectivity index (χ1v) is 6.85. The Morgan fingerprint density at radius 2 is 1.80 bits per heavy atom. The van der Waals surface area contributed by atoms with Crippen molar-refractivity contribution in [3.05, 3.63) is 70.2 Å². The number of nitrogens with two attached hydrogens (primary N) is 1. The van der Waals surface area contributed by atoms with Gasteiger partial charge in [-0.3, -0.25) is 0 Å². The molecule has 0 fully saturated rings. The standard InChI is InChI=1S/C16H16ClF2N/c17-15-6-2-4-13(16(15)19)8-12(10-20)7-11-3-1-5-14(18)9-11/h1-6,9,12H,7-8,10,20H2. The Hall–Kier alpha value is -1.45. The molecule has 106 valence electrons. The van der Waals surface area contributed by atoms with Crippen molar-refractivity contribution in [2.24, 2.45) is 11.7 Å². The fourth-order valence-electron chi connectivity index (χ4n) is 2.25. The maximum Gasteiger partial charge on any atom is 0.144 e. The molecule has 0 saturated carbocycles. The predicted octanol–water partition coefficient (Wildman–Crippen LogP) is 3.98. The Kier molecular flexibility index (Phi) is 5.10. The smallest absolute Gasteiger partial charge is 0.144 e. The highest BCUT2D eigenvalue weighted by Gasteiger charge is 2.13. The Morgan fingerprint density at radius 1 is 1.05 bits per heavy atom. The van der Waals surface area contributed by atoms with E-state index in [1.54, 1.807) is 18.2 Å². The summed E-state index contributed by atoms with van der Waals surface area (Å²) in [6.45, 7) is 0.405. The van der Waals surface area contributed by atoms with Crippen molar-refractivity contribution in [1.29, 1.82) is 0 Å². The van der Waals surface area contributed by atoms with Gasteiger partial charge in [0.15, 0.2) is 0 Å². The van der Waals surface area contributed by atoms with Crippen molar-refractivity contribution < 1.29 is 8.78 Å².